The van der Waals surface area contributed by atoms with E-state index in [0.717, 1.165) is 44.9 Å². The van der Waals surface area contributed by atoms with Gasteiger partial charge in [-0.2, -0.15) is 0 Å². The highest BCUT2D eigenvalue weighted by molar-refractivity contribution is 5.79. The summed E-state index contributed by atoms with van der Waals surface area (Å²) in [6.07, 6.45) is 8.87. The smallest absolute Gasteiger partial charge is 0.302 e. The molecular formula is C31H48O6. The van der Waals surface area contributed by atoms with Gasteiger partial charge in [-0.25, -0.2) is 0 Å². The summed E-state index contributed by atoms with van der Waals surface area (Å²) in [6.45, 7) is 13.5. The van der Waals surface area contributed by atoms with Gasteiger partial charge >= 0.3 is 11.9 Å². The van der Waals surface area contributed by atoms with E-state index in [-0.39, 0.29) is 59.0 Å². The molecule has 0 aromatic carbocycles. The number of hydrogen-bond acceptors (Lipinski definition) is 6. The monoisotopic (exact) mass is 516 g/mol. The molecule has 4 aliphatic rings. The van der Waals surface area contributed by atoms with Crippen LogP contribution in [-0.4, -0.2) is 40.6 Å². The maximum Gasteiger partial charge on any atom is 0.302 e. The topological polar surface area (TPSA) is 89.9 Å². The van der Waals surface area contributed by atoms with Crippen LogP contribution in [0.1, 0.15) is 106 Å². The highest BCUT2D eigenvalue weighted by Gasteiger charge is 2.62. The quantitative estimate of drug-likeness (QED) is 0.340. The molecule has 3 fully saturated rings. The first-order chi connectivity index (χ1) is 17.2. The highest BCUT2D eigenvalue weighted by Crippen LogP contribution is 2.67. The van der Waals surface area contributed by atoms with Gasteiger partial charge in [0, 0.05) is 32.6 Å². The zero-order valence-electron chi connectivity index (χ0n) is 24.0. The molecular weight excluding hydrogens is 468 g/mol. The average Bonchev–Trinajstić information content (AvgIpc) is 3.11. The van der Waals surface area contributed by atoms with Crippen LogP contribution in [0.5, 0.6) is 0 Å². The predicted octanol–water partition coefficient (Wildman–Crippen LogP) is 5.80. The molecule has 208 valence electrons. The van der Waals surface area contributed by atoms with Gasteiger partial charge in [0.2, 0.25) is 0 Å². The van der Waals surface area contributed by atoms with Crippen molar-refractivity contribution >= 4 is 17.7 Å². The SMILES string of the molecule is CC(=O)O[C@H]1CC[C@]2(C)C3=CC[C@@]4(C)[C@@H](CC[C@@H]4[C@@](C)(O)CC(=O)CC(C)C)[C@@H]3C[C@H](OC(C)=O)[C@H]2C1. The van der Waals surface area contributed by atoms with Crippen LogP contribution in [0.15, 0.2) is 11.6 Å². The van der Waals surface area contributed by atoms with E-state index in [9.17, 15) is 19.5 Å². The Morgan fingerprint density at radius 3 is 2.35 bits per heavy atom. The summed E-state index contributed by atoms with van der Waals surface area (Å²) in [5, 5.41) is 11.7. The predicted molar refractivity (Wildman–Crippen MR) is 141 cm³/mol. The van der Waals surface area contributed by atoms with Gasteiger partial charge in [-0.05, 0) is 86.4 Å². The van der Waals surface area contributed by atoms with Crippen LogP contribution >= 0.6 is 0 Å². The number of hydrogen-bond donors (Lipinski definition) is 1. The summed E-state index contributed by atoms with van der Waals surface area (Å²) in [7, 11) is 0. The molecule has 4 aliphatic carbocycles. The molecule has 9 atom stereocenters. The first-order valence-electron chi connectivity index (χ1n) is 14.5. The van der Waals surface area contributed by atoms with Gasteiger partial charge in [-0.3, -0.25) is 14.4 Å². The van der Waals surface area contributed by atoms with Crippen molar-refractivity contribution in [1.29, 1.82) is 0 Å². The molecule has 1 N–H and O–H groups in total. The Morgan fingerprint density at radius 1 is 1.05 bits per heavy atom. The van der Waals surface area contributed by atoms with Crippen molar-refractivity contribution in [2.75, 3.05) is 0 Å². The fourth-order valence-electron chi connectivity index (χ4n) is 9.26. The number of ketones is 1. The first kappa shape index (κ1) is 28.3. The third-order valence-corrected chi connectivity index (χ3v) is 10.6. The Bertz CT molecular complexity index is 949. The molecule has 0 heterocycles. The number of ether oxygens (including phenoxy) is 2. The Kier molecular flexibility index (Phi) is 7.75. The average molecular weight is 517 g/mol. The molecule has 6 nitrogen and oxygen atoms in total. The van der Waals surface area contributed by atoms with Gasteiger partial charge in [0.25, 0.3) is 0 Å². The van der Waals surface area contributed by atoms with Crippen molar-refractivity contribution in [2.24, 2.45) is 40.4 Å². The van der Waals surface area contributed by atoms with Crippen LogP contribution in [-0.2, 0) is 23.9 Å². The van der Waals surface area contributed by atoms with Crippen molar-refractivity contribution in [1.82, 2.24) is 0 Å². The van der Waals surface area contributed by atoms with Crippen molar-refractivity contribution < 1.29 is 29.0 Å². The van der Waals surface area contributed by atoms with E-state index in [0.29, 0.717) is 24.2 Å². The molecule has 0 aliphatic heterocycles. The summed E-state index contributed by atoms with van der Waals surface area (Å²) < 4.78 is 11.6. The number of Topliss-reactive ketones (excluding diaryl/α,β-unsaturated/α-hetero) is 1. The van der Waals surface area contributed by atoms with Crippen molar-refractivity contribution in [3.05, 3.63) is 11.6 Å². The minimum Gasteiger partial charge on any atom is -0.463 e. The third kappa shape index (κ3) is 5.29. The normalized spacial score (nSPS) is 40.5. The van der Waals surface area contributed by atoms with Crippen LogP contribution in [0.2, 0.25) is 0 Å². The maximum absolute atomic E-state index is 12.7. The van der Waals surface area contributed by atoms with Gasteiger partial charge in [0.05, 0.1) is 5.60 Å². The largest absolute Gasteiger partial charge is 0.463 e. The second-order valence-electron chi connectivity index (χ2n) is 13.8. The van der Waals surface area contributed by atoms with E-state index in [1.807, 2.05) is 20.8 Å². The van der Waals surface area contributed by atoms with Gasteiger partial charge in [-0.15, -0.1) is 0 Å². The number of carbonyl (C=O) groups is 3. The van der Waals surface area contributed by atoms with E-state index >= 15 is 0 Å². The second kappa shape index (κ2) is 10.1. The fourth-order valence-corrected chi connectivity index (χ4v) is 9.26. The summed E-state index contributed by atoms with van der Waals surface area (Å²) >= 11 is 0. The number of allylic oxidation sites excluding steroid dienone is 2. The van der Waals surface area contributed by atoms with Crippen LogP contribution in [0.4, 0.5) is 0 Å². The van der Waals surface area contributed by atoms with Crippen LogP contribution in [0.25, 0.3) is 0 Å². The molecule has 0 aromatic rings. The molecule has 4 rings (SSSR count). The van der Waals surface area contributed by atoms with Gasteiger partial charge in [0.1, 0.15) is 18.0 Å². The van der Waals surface area contributed by atoms with Crippen molar-refractivity contribution in [3.63, 3.8) is 0 Å². The lowest BCUT2D eigenvalue weighted by Gasteiger charge is -2.59. The Hall–Kier alpha value is -1.69. The second-order valence-corrected chi connectivity index (χ2v) is 13.8. The van der Waals surface area contributed by atoms with Crippen LogP contribution in [0.3, 0.4) is 0 Å². The number of aliphatic hydroxyl groups is 1. The zero-order valence-corrected chi connectivity index (χ0v) is 24.0. The lowest BCUT2D eigenvalue weighted by atomic mass is 9.47. The van der Waals surface area contributed by atoms with Gasteiger partial charge in [-0.1, -0.05) is 39.3 Å². The number of esters is 2. The van der Waals surface area contributed by atoms with Gasteiger partial charge in [0.15, 0.2) is 0 Å². The standard InChI is InChI=1S/C31H48O6/c1-18(2)14-21(34)17-31(7,35)28-9-8-24-23-16-27(37-20(4)33)26-15-22(36-19(3)32)10-12-29(26,5)25(23)11-13-30(24,28)6/h11,18,22-24,26-28,35H,8-10,12-17H2,1-7H3/t22-,23-,24-,26+,27-,28-,29+,30-,31-/m0/s1. The summed E-state index contributed by atoms with van der Waals surface area (Å²) in [6, 6.07) is 0. The molecule has 0 radical (unpaired) electrons. The molecule has 0 amide bonds. The zero-order chi connectivity index (χ0) is 27.3. The molecule has 0 saturated heterocycles. The van der Waals surface area contributed by atoms with E-state index in [2.05, 4.69) is 19.9 Å². The van der Waals surface area contributed by atoms with E-state index in [1.54, 1.807) is 0 Å². The minimum absolute atomic E-state index is 0.0521. The van der Waals surface area contributed by atoms with E-state index in [4.69, 9.17) is 9.47 Å². The Labute approximate surface area is 222 Å². The third-order valence-electron chi connectivity index (χ3n) is 10.6. The molecule has 37 heavy (non-hydrogen) atoms. The summed E-state index contributed by atoms with van der Waals surface area (Å²) in [5.41, 5.74) is 0.254. The van der Waals surface area contributed by atoms with E-state index in [1.165, 1.54) is 19.4 Å². The van der Waals surface area contributed by atoms with Crippen LogP contribution in [0, 0.1) is 40.4 Å². The Balaban J connectivity index is 1.63. The van der Waals surface area contributed by atoms with Crippen molar-refractivity contribution in [3.8, 4) is 0 Å². The molecule has 6 heteroatoms. The Morgan fingerprint density at radius 2 is 1.73 bits per heavy atom. The number of fused-ring (bicyclic) bond motifs is 5. The molecule has 0 unspecified atom stereocenters. The number of rotatable bonds is 7. The molecule has 0 spiro atoms. The summed E-state index contributed by atoms with van der Waals surface area (Å²) in [5.74, 6) is 0.769. The molecule has 3 saturated carbocycles. The highest BCUT2D eigenvalue weighted by atomic mass is 16.5. The van der Waals surface area contributed by atoms with Crippen LogP contribution < -0.4 is 0 Å². The molecule has 0 aromatic heterocycles. The van der Waals surface area contributed by atoms with Crippen molar-refractivity contribution in [2.45, 2.75) is 124 Å². The summed E-state index contributed by atoms with van der Waals surface area (Å²) in [4.78, 5) is 36.6. The van der Waals surface area contributed by atoms with E-state index < -0.39 is 5.60 Å². The maximum atomic E-state index is 12.7. The lowest BCUT2D eigenvalue weighted by molar-refractivity contribution is -0.168. The first-order valence-corrected chi connectivity index (χ1v) is 14.5. The fraction of sp³-hybridized carbons (Fsp3) is 0.839. The minimum atomic E-state index is -1.03. The molecule has 0 bridgehead atoms. The van der Waals surface area contributed by atoms with Gasteiger partial charge < -0.3 is 14.6 Å². The lowest BCUT2D eigenvalue weighted by Crippen LogP contribution is -2.55. The number of carbonyl (C=O) groups excluding carboxylic acids is 3.